The fourth-order valence-electron chi connectivity index (χ4n) is 3.45. The van der Waals surface area contributed by atoms with Crippen LogP contribution in [-0.2, 0) is 16.1 Å². The van der Waals surface area contributed by atoms with Crippen LogP contribution in [0.25, 0.3) is 0 Å². The Balaban J connectivity index is 1.55. The van der Waals surface area contributed by atoms with Crippen LogP contribution < -0.4 is 15.4 Å². The lowest BCUT2D eigenvalue weighted by Gasteiger charge is -2.18. The van der Waals surface area contributed by atoms with Gasteiger partial charge in [-0.3, -0.25) is 9.59 Å². The molecule has 1 unspecified atom stereocenters. The van der Waals surface area contributed by atoms with Gasteiger partial charge in [-0.2, -0.15) is 0 Å². The van der Waals surface area contributed by atoms with Crippen molar-refractivity contribution in [2.45, 2.75) is 57.7 Å². The highest BCUT2D eigenvalue weighted by Gasteiger charge is 2.18. The summed E-state index contributed by atoms with van der Waals surface area (Å²) in [4.78, 5) is 28.3. The Bertz CT molecular complexity index is 835. The SMILES string of the molecule is CC(=O)NC(CC(=O)NCc1ccnc(OC2CCCC2)c1)c1ccc(Br)cc1. The van der Waals surface area contributed by atoms with Gasteiger partial charge in [-0.15, -0.1) is 0 Å². The quantitative estimate of drug-likeness (QED) is 0.623. The lowest BCUT2D eigenvalue weighted by molar-refractivity contribution is -0.122. The summed E-state index contributed by atoms with van der Waals surface area (Å²) in [5.41, 5.74) is 1.82. The van der Waals surface area contributed by atoms with E-state index < -0.39 is 0 Å². The van der Waals surface area contributed by atoms with Crippen LogP contribution in [0.15, 0.2) is 47.1 Å². The lowest BCUT2D eigenvalue weighted by atomic mass is 10.0. The van der Waals surface area contributed by atoms with E-state index in [9.17, 15) is 9.59 Å². The fraction of sp³-hybridized carbons (Fsp3) is 0.409. The van der Waals surface area contributed by atoms with Gasteiger partial charge in [0, 0.05) is 30.2 Å². The molecule has 0 saturated heterocycles. The van der Waals surface area contributed by atoms with E-state index >= 15 is 0 Å². The molecular weight excluding hydrogens is 434 g/mol. The summed E-state index contributed by atoms with van der Waals surface area (Å²) < 4.78 is 6.87. The van der Waals surface area contributed by atoms with E-state index in [2.05, 4.69) is 31.5 Å². The molecule has 1 aliphatic carbocycles. The van der Waals surface area contributed by atoms with E-state index in [1.807, 2.05) is 36.4 Å². The van der Waals surface area contributed by atoms with E-state index in [1.165, 1.54) is 19.8 Å². The summed E-state index contributed by atoms with van der Waals surface area (Å²) in [5, 5.41) is 5.77. The zero-order chi connectivity index (χ0) is 20.6. The molecular formula is C22H26BrN3O3. The maximum atomic E-state index is 12.5. The number of hydrogen-bond donors (Lipinski definition) is 2. The summed E-state index contributed by atoms with van der Waals surface area (Å²) in [6.45, 7) is 1.84. The molecule has 0 aliphatic heterocycles. The summed E-state index contributed by atoms with van der Waals surface area (Å²) in [5.74, 6) is 0.296. The molecule has 7 heteroatoms. The highest BCUT2D eigenvalue weighted by atomic mass is 79.9. The van der Waals surface area contributed by atoms with Crippen LogP contribution in [0.1, 0.15) is 56.2 Å². The van der Waals surface area contributed by atoms with Crippen molar-refractivity contribution in [3.63, 3.8) is 0 Å². The van der Waals surface area contributed by atoms with Crippen molar-refractivity contribution in [2.24, 2.45) is 0 Å². The van der Waals surface area contributed by atoms with Crippen LogP contribution in [-0.4, -0.2) is 22.9 Å². The maximum absolute atomic E-state index is 12.5. The number of halogens is 1. The Kier molecular flexibility index (Phi) is 7.63. The normalized spacial score (nSPS) is 15.0. The molecule has 1 atom stereocenters. The van der Waals surface area contributed by atoms with E-state index in [1.54, 1.807) is 6.20 Å². The van der Waals surface area contributed by atoms with E-state index in [0.717, 1.165) is 28.4 Å². The number of benzene rings is 1. The van der Waals surface area contributed by atoms with Gasteiger partial charge in [-0.1, -0.05) is 28.1 Å². The van der Waals surface area contributed by atoms with Crippen LogP contribution in [0, 0.1) is 0 Å². The zero-order valence-corrected chi connectivity index (χ0v) is 18.1. The average molecular weight is 460 g/mol. The van der Waals surface area contributed by atoms with E-state index in [-0.39, 0.29) is 30.4 Å². The highest BCUT2D eigenvalue weighted by molar-refractivity contribution is 9.10. The summed E-state index contributed by atoms with van der Waals surface area (Å²) in [7, 11) is 0. The molecule has 1 heterocycles. The summed E-state index contributed by atoms with van der Waals surface area (Å²) >= 11 is 3.40. The van der Waals surface area contributed by atoms with Gasteiger partial charge in [0.2, 0.25) is 17.7 Å². The Morgan fingerprint density at radius 1 is 1.21 bits per heavy atom. The van der Waals surface area contributed by atoms with Gasteiger partial charge in [-0.25, -0.2) is 4.98 Å². The summed E-state index contributed by atoms with van der Waals surface area (Å²) in [6.07, 6.45) is 6.66. The maximum Gasteiger partial charge on any atom is 0.222 e. The molecule has 2 amide bonds. The van der Waals surface area contributed by atoms with E-state index in [0.29, 0.717) is 12.4 Å². The van der Waals surface area contributed by atoms with Gasteiger partial charge in [-0.05, 0) is 55.0 Å². The standard InChI is InChI=1S/C22H26BrN3O3/c1-15(27)26-20(17-6-8-18(23)9-7-17)13-21(28)25-14-16-10-11-24-22(12-16)29-19-4-2-3-5-19/h6-12,19-20H,2-5,13-14H2,1H3,(H,25,28)(H,26,27). The number of aromatic nitrogens is 1. The third-order valence-electron chi connectivity index (χ3n) is 4.92. The number of carbonyl (C=O) groups excluding carboxylic acids is 2. The number of pyridine rings is 1. The molecule has 1 aliphatic rings. The molecule has 6 nitrogen and oxygen atoms in total. The Hall–Kier alpha value is -2.41. The van der Waals surface area contributed by atoms with Gasteiger partial charge in [0.25, 0.3) is 0 Å². The molecule has 3 rings (SSSR count). The first kappa shape index (κ1) is 21.3. The predicted octanol–water partition coefficient (Wildman–Crippen LogP) is 4.05. The Morgan fingerprint density at radius 3 is 2.62 bits per heavy atom. The Morgan fingerprint density at radius 2 is 1.93 bits per heavy atom. The number of nitrogens with zero attached hydrogens (tertiary/aromatic N) is 1. The molecule has 0 spiro atoms. The minimum Gasteiger partial charge on any atom is -0.474 e. The number of ether oxygens (including phenoxy) is 1. The van der Waals surface area contributed by atoms with Crippen molar-refractivity contribution >= 4 is 27.7 Å². The van der Waals surface area contributed by atoms with Gasteiger partial charge in [0.1, 0.15) is 6.10 Å². The lowest BCUT2D eigenvalue weighted by Crippen LogP contribution is -2.32. The van der Waals surface area contributed by atoms with Crippen molar-refractivity contribution in [1.29, 1.82) is 0 Å². The molecule has 1 saturated carbocycles. The molecule has 29 heavy (non-hydrogen) atoms. The first-order chi connectivity index (χ1) is 14.0. The second-order valence-corrected chi connectivity index (χ2v) is 8.23. The third-order valence-corrected chi connectivity index (χ3v) is 5.45. The van der Waals surface area contributed by atoms with E-state index in [4.69, 9.17) is 4.74 Å². The van der Waals surface area contributed by atoms with Crippen LogP contribution in [0.5, 0.6) is 5.88 Å². The van der Waals surface area contributed by atoms with Gasteiger partial charge in [0.15, 0.2) is 0 Å². The zero-order valence-electron chi connectivity index (χ0n) is 16.5. The number of amides is 2. The van der Waals surface area contributed by atoms with Gasteiger partial charge < -0.3 is 15.4 Å². The smallest absolute Gasteiger partial charge is 0.222 e. The largest absolute Gasteiger partial charge is 0.474 e. The number of rotatable bonds is 8. The highest BCUT2D eigenvalue weighted by Crippen LogP contribution is 2.23. The second-order valence-electron chi connectivity index (χ2n) is 7.31. The average Bonchev–Trinajstić information content (AvgIpc) is 3.19. The van der Waals surface area contributed by atoms with Gasteiger partial charge in [0.05, 0.1) is 12.5 Å². The Labute approximate surface area is 179 Å². The number of hydrogen-bond acceptors (Lipinski definition) is 4. The van der Waals surface area contributed by atoms with Crippen LogP contribution in [0.2, 0.25) is 0 Å². The van der Waals surface area contributed by atoms with Crippen LogP contribution in [0.4, 0.5) is 0 Å². The number of nitrogens with one attached hydrogen (secondary N) is 2. The van der Waals surface area contributed by atoms with Crippen molar-refractivity contribution < 1.29 is 14.3 Å². The van der Waals surface area contributed by atoms with Crippen molar-refractivity contribution in [3.05, 3.63) is 58.2 Å². The molecule has 154 valence electrons. The van der Waals surface area contributed by atoms with Gasteiger partial charge >= 0.3 is 0 Å². The molecule has 1 aromatic heterocycles. The molecule has 1 fully saturated rings. The number of carbonyl (C=O) groups is 2. The molecule has 0 bridgehead atoms. The van der Waals surface area contributed by atoms with Crippen molar-refractivity contribution in [1.82, 2.24) is 15.6 Å². The first-order valence-electron chi connectivity index (χ1n) is 9.90. The molecule has 2 aromatic rings. The predicted molar refractivity (Wildman–Crippen MR) is 114 cm³/mol. The summed E-state index contributed by atoms with van der Waals surface area (Å²) in [6, 6.07) is 10.9. The van der Waals surface area contributed by atoms with Crippen LogP contribution >= 0.6 is 15.9 Å². The molecule has 2 N–H and O–H groups in total. The fourth-order valence-corrected chi connectivity index (χ4v) is 3.72. The third kappa shape index (κ3) is 6.85. The first-order valence-corrected chi connectivity index (χ1v) is 10.7. The monoisotopic (exact) mass is 459 g/mol. The molecule has 1 aromatic carbocycles. The minimum absolute atomic E-state index is 0.137. The van der Waals surface area contributed by atoms with Crippen molar-refractivity contribution in [3.8, 4) is 5.88 Å². The topological polar surface area (TPSA) is 80.3 Å². The minimum atomic E-state index is -0.376. The second kappa shape index (κ2) is 10.4. The van der Waals surface area contributed by atoms with Crippen LogP contribution in [0.3, 0.4) is 0 Å². The van der Waals surface area contributed by atoms with Crippen molar-refractivity contribution in [2.75, 3.05) is 0 Å². The molecule has 0 radical (unpaired) electrons.